The molecule has 0 heterocycles. The molecule has 1 aromatic rings. The lowest BCUT2D eigenvalue weighted by atomic mass is 10.1. The van der Waals surface area contributed by atoms with Gasteiger partial charge in [0.1, 0.15) is 6.54 Å². The molecule has 0 aliphatic heterocycles. The Kier molecular flexibility index (Phi) is 4.16. The summed E-state index contributed by atoms with van der Waals surface area (Å²) in [7, 11) is 1.59. The first-order valence-corrected chi connectivity index (χ1v) is 6.22. The highest BCUT2D eigenvalue weighted by atomic mass is 16.5. The minimum absolute atomic E-state index is 0.0784. The smallest absolute Gasteiger partial charge is 0.323 e. The predicted octanol–water partition coefficient (Wildman–Crippen LogP) is 1.52. The monoisotopic (exact) mass is 263 g/mol. The topological polar surface area (TPSA) is 66.8 Å². The fourth-order valence-corrected chi connectivity index (χ4v) is 2.03. The number of carbonyl (C=O) groups is 2. The Morgan fingerprint density at radius 3 is 2.74 bits per heavy atom. The van der Waals surface area contributed by atoms with E-state index in [1.54, 1.807) is 25.3 Å². The maximum absolute atomic E-state index is 12.3. The Balaban J connectivity index is 2.16. The molecule has 1 aliphatic carbocycles. The number of methoxy groups -OCH3 is 1. The fraction of sp³-hybridized carbons (Fsp3) is 0.429. The van der Waals surface area contributed by atoms with Gasteiger partial charge >= 0.3 is 5.97 Å². The Hall–Kier alpha value is -1.88. The SMILES string of the molecule is COCc1cccc(C(=O)N(CC(=O)O)C2CC2)c1. The largest absolute Gasteiger partial charge is 0.480 e. The van der Waals surface area contributed by atoms with E-state index in [0.717, 1.165) is 18.4 Å². The number of nitrogens with zero attached hydrogens (tertiary/aromatic N) is 1. The molecule has 0 saturated heterocycles. The molecular formula is C14H17NO4. The number of hydrogen-bond acceptors (Lipinski definition) is 3. The molecule has 2 rings (SSSR count). The predicted molar refractivity (Wildman–Crippen MR) is 68.8 cm³/mol. The van der Waals surface area contributed by atoms with Crippen LogP contribution in [0.3, 0.4) is 0 Å². The summed E-state index contributed by atoms with van der Waals surface area (Å²) in [6, 6.07) is 7.20. The van der Waals surface area contributed by atoms with Crippen LogP contribution < -0.4 is 0 Å². The van der Waals surface area contributed by atoms with Gasteiger partial charge in [-0.1, -0.05) is 12.1 Å². The number of amides is 1. The highest BCUT2D eigenvalue weighted by Crippen LogP contribution is 2.28. The van der Waals surface area contributed by atoms with Gasteiger partial charge in [-0.2, -0.15) is 0 Å². The van der Waals surface area contributed by atoms with Crippen molar-refractivity contribution < 1.29 is 19.4 Å². The molecule has 0 spiro atoms. The molecule has 0 radical (unpaired) electrons. The number of hydrogen-bond donors (Lipinski definition) is 1. The summed E-state index contributed by atoms with van der Waals surface area (Å²) in [5.41, 5.74) is 1.42. The van der Waals surface area contributed by atoms with Crippen molar-refractivity contribution in [3.63, 3.8) is 0 Å². The van der Waals surface area contributed by atoms with Crippen LogP contribution in [0.2, 0.25) is 0 Å². The summed E-state index contributed by atoms with van der Waals surface area (Å²) in [6.07, 6.45) is 1.77. The maximum Gasteiger partial charge on any atom is 0.323 e. The molecule has 1 N–H and O–H groups in total. The van der Waals surface area contributed by atoms with Crippen LogP contribution in [0.25, 0.3) is 0 Å². The van der Waals surface area contributed by atoms with Gasteiger partial charge in [0.25, 0.3) is 5.91 Å². The van der Waals surface area contributed by atoms with Gasteiger partial charge in [0.15, 0.2) is 0 Å². The van der Waals surface area contributed by atoms with Crippen LogP contribution >= 0.6 is 0 Å². The first kappa shape index (κ1) is 13.5. The molecule has 5 nitrogen and oxygen atoms in total. The Morgan fingerprint density at radius 2 is 2.16 bits per heavy atom. The molecule has 1 amide bonds. The van der Waals surface area contributed by atoms with Crippen molar-refractivity contribution in [1.82, 2.24) is 4.90 Å². The summed E-state index contributed by atoms with van der Waals surface area (Å²) in [6.45, 7) is 0.196. The number of carboxylic acids is 1. The van der Waals surface area contributed by atoms with Gasteiger partial charge in [-0.3, -0.25) is 9.59 Å². The lowest BCUT2D eigenvalue weighted by Crippen LogP contribution is -2.37. The van der Waals surface area contributed by atoms with Crippen molar-refractivity contribution in [2.45, 2.75) is 25.5 Å². The molecule has 102 valence electrons. The third kappa shape index (κ3) is 3.54. The number of aliphatic carboxylic acids is 1. The second kappa shape index (κ2) is 5.84. The molecule has 0 unspecified atom stereocenters. The van der Waals surface area contributed by atoms with E-state index < -0.39 is 5.97 Å². The quantitative estimate of drug-likeness (QED) is 0.845. The van der Waals surface area contributed by atoms with E-state index in [4.69, 9.17) is 9.84 Å². The van der Waals surface area contributed by atoms with Crippen molar-refractivity contribution in [2.24, 2.45) is 0 Å². The summed E-state index contributed by atoms with van der Waals surface area (Å²) in [5.74, 6) is -1.20. The third-order valence-corrected chi connectivity index (χ3v) is 3.04. The first-order valence-electron chi connectivity index (χ1n) is 6.22. The zero-order valence-corrected chi connectivity index (χ0v) is 10.8. The van der Waals surface area contributed by atoms with Crippen LogP contribution in [0.4, 0.5) is 0 Å². The molecule has 1 saturated carbocycles. The maximum atomic E-state index is 12.3. The minimum atomic E-state index is -0.978. The van der Waals surface area contributed by atoms with Gasteiger partial charge in [-0.15, -0.1) is 0 Å². The van der Waals surface area contributed by atoms with Gasteiger partial charge < -0.3 is 14.7 Å². The van der Waals surface area contributed by atoms with Crippen LogP contribution in [0.1, 0.15) is 28.8 Å². The average Bonchev–Trinajstić information content (AvgIpc) is 3.20. The Bertz CT molecular complexity index is 482. The van der Waals surface area contributed by atoms with Gasteiger partial charge in [-0.05, 0) is 30.5 Å². The van der Waals surface area contributed by atoms with Crippen molar-refractivity contribution in [3.05, 3.63) is 35.4 Å². The van der Waals surface area contributed by atoms with Crippen LogP contribution in [-0.4, -0.2) is 41.6 Å². The molecule has 0 atom stereocenters. The zero-order valence-electron chi connectivity index (χ0n) is 10.8. The van der Waals surface area contributed by atoms with E-state index in [2.05, 4.69) is 0 Å². The summed E-state index contributed by atoms with van der Waals surface area (Å²) >= 11 is 0. The molecule has 0 aromatic heterocycles. The van der Waals surface area contributed by atoms with E-state index in [1.165, 1.54) is 4.90 Å². The third-order valence-electron chi connectivity index (χ3n) is 3.04. The number of benzene rings is 1. The molecule has 5 heteroatoms. The van der Waals surface area contributed by atoms with Crippen LogP contribution in [0.15, 0.2) is 24.3 Å². The van der Waals surface area contributed by atoms with Crippen LogP contribution in [-0.2, 0) is 16.1 Å². The highest BCUT2D eigenvalue weighted by Gasteiger charge is 2.34. The van der Waals surface area contributed by atoms with E-state index in [9.17, 15) is 9.59 Å². The minimum Gasteiger partial charge on any atom is -0.480 e. The molecule has 1 aliphatic rings. The second-order valence-corrected chi connectivity index (χ2v) is 4.69. The van der Waals surface area contributed by atoms with E-state index in [0.29, 0.717) is 12.2 Å². The van der Waals surface area contributed by atoms with Gasteiger partial charge in [0.2, 0.25) is 0 Å². The first-order chi connectivity index (χ1) is 9.11. The number of carboxylic acid groups (broad SMARTS) is 1. The van der Waals surface area contributed by atoms with E-state index in [1.807, 2.05) is 6.07 Å². The van der Waals surface area contributed by atoms with E-state index in [-0.39, 0.29) is 18.5 Å². The van der Waals surface area contributed by atoms with Crippen LogP contribution in [0.5, 0.6) is 0 Å². The number of ether oxygens (including phenoxy) is 1. The van der Waals surface area contributed by atoms with Crippen molar-refractivity contribution in [2.75, 3.05) is 13.7 Å². The van der Waals surface area contributed by atoms with Crippen molar-refractivity contribution >= 4 is 11.9 Å². The Labute approximate surface area is 111 Å². The molecular weight excluding hydrogens is 246 g/mol. The summed E-state index contributed by atoms with van der Waals surface area (Å²) in [5, 5.41) is 8.88. The lowest BCUT2D eigenvalue weighted by Gasteiger charge is -2.20. The molecule has 1 aromatic carbocycles. The summed E-state index contributed by atoms with van der Waals surface area (Å²) in [4.78, 5) is 24.6. The molecule has 1 fully saturated rings. The molecule has 19 heavy (non-hydrogen) atoms. The van der Waals surface area contributed by atoms with E-state index >= 15 is 0 Å². The zero-order chi connectivity index (χ0) is 13.8. The fourth-order valence-electron chi connectivity index (χ4n) is 2.03. The normalized spacial score (nSPS) is 14.2. The highest BCUT2D eigenvalue weighted by molar-refractivity contribution is 5.96. The second-order valence-electron chi connectivity index (χ2n) is 4.69. The number of rotatable bonds is 6. The standard InChI is InChI=1S/C14H17NO4/c1-19-9-10-3-2-4-11(7-10)14(18)15(8-13(16)17)12-5-6-12/h2-4,7,12H,5-6,8-9H2,1H3,(H,16,17). The summed E-state index contributed by atoms with van der Waals surface area (Å²) < 4.78 is 5.03. The lowest BCUT2D eigenvalue weighted by molar-refractivity contribution is -0.137. The van der Waals surface area contributed by atoms with Crippen molar-refractivity contribution in [1.29, 1.82) is 0 Å². The molecule has 0 bridgehead atoms. The van der Waals surface area contributed by atoms with Gasteiger partial charge in [-0.25, -0.2) is 0 Å². The number of carbonyl (C=O) groups excluding carboxylic acids is 1. The van der Waals surface area contributed by atoms with Crippen molar-refractivity contribution in [3.8, 4) is 0 Å². The van der Waals surface area contributed by atoms with Crippen LogP contribution in [0, 0.1) is 0 Å². The average molecular weight is 263 g/mol. The van der Waals surface area contributed by atoms with Gasteiger partial charge in [0, 0.05) is 18.7 Å². The Morgan fingerprint density at radius 1 is 1.42 bits per heavy atom. The van der Waals surface area contributed by atoms with Gasteiger partial charge in [0.05, 0.1) is 6.61 Å².